The van der Waals surface area contributed by atoms with E-state index in [1.807, 2.05) is 0 Å². The van der Waals surface area contributed by atoms with Gasteiger partial charge < -0.3 is 9.46 Å². The van der Waals surface area contributed by atoms with Crippen LogP contribution in [0.2, 0.25) is 0 Å². The molecule has 0 spiro atoms. The predicted molar refractivity (Wildman–Crippen MR) is 55.4 cm³/mol. The van der Waals surface area contributed by atoms with Gasteiger partial charge in [0.1, 0.15) is 28.2 Å². The summed E-state index contributed by atoms with van der Waals surface area (Å²) in [5.41, 5.74) is -0.779. The topological polar surface area (TPSA) is 55.4 Å². The lowest BCUT2D eigenvalue weighted by molar-refractivity contribution is 0.0590. The third-order valence-corrected chi connectivity index (χ3v) is 2.22. The van der Waals surface area contributed by atoms with Crippen LogP contribution in [-0.4, -0.2) is 23.5 Å². The molecule has 1 N–H and O–H groups in total. The normalized spacial score (nSPS) is 12.0. The molecule has 88 valence electrons. The van der Waals surface area contributed by atoms with Gasteiger partial charge in [-0.05, 0) is 12.1 Å². The van der Waals surface area contributed by atoms with E-state index in [9.17, 15) is 17.8 Å². The molecule has 1 aromatic rings. The fourth-order valence-electron chi connectivity index (χ4n) is 1.10. The van der Waals surface area contributed by atoms with Crippen molar-refractivity contribution in [3.8, 4) is 0 Å². The van der Waals surface area contributed by atoms with Crippen molar-refractivity contribution in [2.45, 2.75) is 0 Å². The molecule has 0 bridgehead atoms. The lowest BCUT2D eigenvalue weighted by atomic mass is 10.2. The summed E-state index contributed by atoms with van der Waals surface area (Å²) in [7, 11) is -0.429. The molecule has 1 atom stereocenters. The standard InChI is InChI=1S/C9H9F2NO3S/c1-15-9(13)8-6(10)3-5(4-7(8)11)12-16(2)14/h3-4,12H,1-2H3. The number of anilines is 1. The Kier molecular flexibility index (Phi) is 3.94. The van der Waals surface area contributed by atoms with E-state index in [0.29, 0.717) is 0 Å². The van der Waals surface area contributed by atoms with E-state index < -0.39 is 34.2 Å². The van der Waals surface area contributed by atoms with Gasteiger partial charge in [0.15, 0.2) is 0 Å². The summed E-state index contributed by atoms with van der Waals surface area (Å²) in [4.78, 5) is 11.0. The van der Waals surface area contributed by atoms with Crippen LogP contribution in [-0.2, 0) is 15.7 Å². The molecule has 0 amide bonds. The summed E-state index contributed by atoms with van der Waals surface area (Å²) in [6.45, 7) is 0. The molecule has 1 aromatic carbocycles. The van der Waals surface area contributed by atoms with Gasteiger partial charge in [-0.2, -0.15) is 0 Å². The number of hydrogen-bond donors (Lipinski definition) is 1. The van der Waals surface area contributed by atoms with Gasteiger partial charge in [-0.25, -0.2) is 17.8 Å². The fourth-order valence-corrected chi connectivity index (χ4v) is 1.54. The molecule has 0 heterocycles. The number of methoxy groups -OCH3 is 1. The van der Waals surface area contributed by atoms with Crippen molar-refractivity contribution >= 4 is 22.6 Å². The molecule has 0 fully saturated rings. The number of carbonyl (C=O) groups excluding carboxylic acids is 1. The van der Waals surface area contributed by atoms with E-state index in [1.54, 1.807) is 0 Å². The Balaban J connectivity index is 3.17. The highest BCUT2D eigenvalue weighted by atomic mass is 32.2. The molecule has 0 aliphatic rings. The molecule has 7 heteroatoms. The molecule has 0 aromatic heterocycles. The van der Waals surface area contributed by atoms with Crippen molar-refractivity contribution in [2.75, 3.05) is 18.1 Å². The average Bonchev–Trinajstić information content (AvgIpc) is 2.15. The zero-order chi connectivity index (χ0) is 12.3. The Bertz CT molecular complexity index is 427. The molecule has 0 aliphatic heterocycles. The lowest BCUT2D eigenvalue weighted by Crippen LogP contribution is -2.10. The molecule has 1 rings (SSSR count). The van der Waals surface area contributed by atoms with Crippen LogP contribution in [0.3, 0.4) is 0 Å². The second kappa shape index (κ2) is 5.02. The summed E-state index contributed by atoms with van der Waals surface area (Å²) < 4.78 is 43.9. The number of carbonyl (C=O) groups is 1. The van der Waals surface area contributed by atoms with Crippen LogP contribution in [0.5, 0.6) is 0 Å². The number of esters is 1. The highest BCUT2D eigenvalue weighted by Gasteiger charge is 2.19. The van der Waals surface area contributed by atoms with Crippen molar-refractivity contribution < 1.29 is 22.5 Å². The van der Waals surface area contributed by atoms with Gasteiger partial charge in [-0.3, -0.25) is 0 Å². The maximum atomic E-state index is 13.3. The second-order valence-corrected chi connectivity index (χ2v) is 3.98. The Morgan fingerprint density at radius 2 is 1.88 bits per heavy atom. The van der Waals surface area contributed by atoms with E-state index in [1.165, 1.54) is 6.26 Å². The van der Waals surface area contributed by atoms with Gasteiger partial charge in [0.2, 0.25) is 0 Å². The van der Waals surface area contributed by atoms with E-state index >= 15 is 0 Å². The number of rotatable bonds is 3. The monoisotopic (exact) mass is 249 g/mol. The zero-order valence-electron chi connectivity index (χ0n) is 8.54. The molecule has 0 radical (unpaired) electrons. The minimum Gasteiger partial charge on any atom is -0.465 e. The summed E-state index contributed by atoms with van der Waals surface area (Å²) in [6, 6.07) is 1.74. The first-order valence-corrected chi connectivity index (χ1v) is 5.69. The Morgan fingerprint density at radius 3 is 2.25 bits per heavy atom. The number of ether oxygens (including phenoxy) is 1. The molecule has 4 nitrogen and oxygen atoms in total. The van der Waals surface area contributed by atoms with Gasteiger partial charge in [0, 0.05) is 6.26 Å². The molecule has 0 saturated heterocycles. The van der Waals surface area contributed by atoms with Crippen LogP contribution < -0.4 is 4.72 Å². The first-order valence-electron chi connectivity index (χ1n) is 4.13. The Labute approximate surface area is 93.2 Å². The first-order chi connectivity index (χ1) is 7.45. The van der Waals surface area contributed by atoms with Crippen LogP contribution >= 0.6 is 0 Å². The molecule has 16 heavy (non-hydrogen) atoms. The largest absolute Gasteiger partial charge is 0.465 e. The van der Waals surface area contributed by atoms with Crippen molar-refractivity contribution in [1.82, 2.24) is 0 Å². The van der Waals surface area contributed by atoms with Gasteiger partial charge in [0.25, 0.3) is 0 Å². The molecule has 0 saturated carbocycles. The Hall–Kier alpha value is -1.50. The SMILES string of the molecule is COC(=O)c1c(F)cc(NS(C)=O)cc1F. The highest BCUT2D eigenvalue weighted by molar-refractivity contribution is 7.85. The number of benzene rings is 1. The van der Waals surface area contributed by atoms with Crippen LogP contribution in [0.1, 0.15) is 10.4 Å². The van der Waals surface area contributed by atoms with Crippen LogP contribution in [0.15, 0.2) is 12.1 Å². The van der Waals surface area contributed by atoms with Crippen LogP contribution in [0.4, 0.5) is 14.5 Å². The van der Waals surface area contributed by atoms with E-state index in [2.05, 4.69) is 9.46 Å². The smallest absolute Gasteiger partial charge is 0.343 e. The zero-order valence-corrected chi connectivity index (χ0v) is 9.36. The summed E-state index contributed by atoms with van der Waals surface area (Å²) in [5.74, 6) is -3.24. The fraction of sp³-hybridized carbons (Fsp3) is 0.222. The van der Waals surface area contributed by atoms with Gasteiger partial charge in [-0.15, -0.1) is 0 Å². The number of hydrogen-bond acceptors (Lipinski definition) is 3. The van der Waals surface area contributed by atoms with Crippen molar-refractivity contribution in [2.24, 2.45) is 0 Å². The van der Waals surface area contributed by atoms with E-state index in [4.69, 9.17) is 0 Å². The van der Waals surface area contributed by atoms with Crippen LogP contribution in [0, 0.1) is 11.6 Å². The average molecular weight is 249 g/mol. The maximum Gasteiger partial charge on any atom is 0.343 e. The highest BCUT2D eigenvalue weighted by Crippen LogP contribution is 2.19. The van der Waals surface area contributed by atoms with E-state index in [-0.39, 0.29) is 5.69 Å². The Morgan fingerprint density at radius 1 is 1.38 bits per heavy atom. The number of nitrogens with one attached hydrogen (secondary N) is 1. The van der Waals surface area contributed by atoms with Crippen LogP contribution in [0.25, 0.3) is 0 Å². The van der Waals surface area contributed by atoms with Gasteiger partial charge >= 0.3 is 5.97 Å². The van der Waals surface area contributed by atoms with Crippen molar-refractivity contribution in [3.05, 3.63) is 29.3 Å². The van der Waals surface area contributed by atoms with Gasteiger partial charge in [-0.1, -0.05) is 0 Å². The summed E-state index contributed by atoms with van der Waals surface area (Å²) in [5, 5.41) is 0. The van der Waals surface area contributed by atoms with Gasteiger partial charge in [0.05, 0.1) is 12.8 Å². The molecule has 0 aliphatic carbocycles. The third-order valence-electron chi connectivity index (χ3n) is 1.69. The van der Waals surface area contributed by atoms with Crippen molar-refractivity contribution in [1.29, 1.82) is 0 Å². The van der Waals surface area contributed by atoms with Crippen molar-refractivity contribution in [3.63, 3.8) is 0 Å². The summed E-state index contributed by atoms with van der Waals surface area (Å²) in [6.07, 6.45) is 1.31. The molecular weight excluding hydrogens is 240 g/mol. The summed E-state index contributed by atoms with van der Waals surface area (Å²) >= 11 is 0. The number of halogens is 2. The minimum atomic E-state index is -1.45. The quantitative estimate of drug-likeness (QED) is 0.825. The molecular formula is C9H9F2NO3S. The first kappa shape index (κ1) is 12.6. The molecule has 1 unspecified atom stereocenters. The second-order valence-electron chi connectivity index (χ2n) is 2.86. The maximum absolute atomic E-state index is 13.3. The minimum absolute atomic E-state index is 0.0107. The van der Waals surface area contributed by atoms with E-state index in [0.717, 1.165) is 19.2 Å². The predicted octanol–water partition coefficient (Wildman–Crippen LogP) is 1.46. The lowest BCUT2D eigenvalue weighted by Gasteiger charge is -2.06. The third kappa shape index (κ3) is 2.75.